The first-order chi connectivity index (χ1) is 20.7. The summed E-state index contributed by atoms with van der Waals surface area (Å²) in [4.78, 5) is 50.0. The summed E-state index contributed by atoms with van der Waals surface area (Å²) in [7, 11) is -0.982. The van der Waals surface area contributed by atoms with Gasteiger partial charge in [0.2, 0.25) is 11.7 Å². The first-order valence-corrected chi connectivity index (χ1v) is 15.8. The Kier molecular flexibility index (Phi) is 13.0. The monoisotopic (exact) mass is 617 g/mol. The molecule has 2 heterocycles. The van der Waals surface area contributed by atoms with Crippen molar-refractivity contribution in [2.75, 3.05) is 46.3 Å². The van der Waals surface area contributed by atoms with Crippen molar-refractivity contribution < 1.29 is 36.7 Å². The van der Waals surface area contributed by atoms with Crippen LogP contribution in [0.1, 0.15) is 42.6 Å². The van der Waals surface area contributed by atoms with Crippen molar-refractivity contribution >= 4 is 38.7 Å². The van der Waals surface area contributed by atoms with Gasteiger partial charge < -0.3 is 29.4 Å². The fraction of sp³-hybridized carbons (Fsp3) is 0.483. The molecule has 14 heteroatoms. The number of hydrogen-bond acceptors (Lipinski definition) is 10. The maximum Gasteiger partial charge on any atom is 0.318 e. The van der Waals surface area contributed by atoms with Crippen molar-refractivity contribution in [1.82, 2.24) is 25.5 Å². The summed E-state index contributed by atoms with van der Waals surface area (Å²) >= 11 is 0. The lowest BCUT2D eigenvalue weighted by molar-refractivity contribution is -0.123. The lowest BCUT2D eigenvalue weighted by Gasteiger charge is -2.27. The zero-order valence-corrected chi connectivity index (χ0v) is 25.5. The van der Waals surface area contributed by atoms with E-state index in [-0.39, 0.29) is 38.6 Å². The van der Waals surface area contributed by atoms with Crippen LogP contribution < -0.4 is 10.6 Å². The molecule has 0 fully saturated rings. The van der Waals surface area contributed by atoms with Crippen LogP contribution in [0.25, 0.3) is 11.1 Å². The molecule has 234 valence electrons. The predicted octanol–water partition coefficient (Wildman–Crippen LogP) is 2.37. The minimum Gasteiger partial charge on any atom is -0.434 e. The van der Waals surface area contributed by atoms with Crippen LogP contribution in [0.2, 0.25) is 0 Å². The van der Waals surface area contributed by atoms with Gasteiger partial charge in [0.05, 0.1) is 36.5 Å². The Labute approximate surface area is 251 Å². The Hall–Kier alpha value is -3.88. The van der Waals surface area contributed by atoms with Crippen LogP contribution in [-0.2, 0) is 29.9 Å². The molecular formula is C29H39N5O8S. The van der Waals surface area contributed by atoms with Gasteiger partial charge in [-0.05, 0) is 30.7 Å². The van der Waals surface area contributed by atoms with E-state index in [4.69, 9.17) is 13.9 Å². The van der Waals surface area contributed by atoms with Crippen molar-refractivity contribution in [2.45, 2.75) is 44.0 Å². The highest BCUT2D eigenvalue weighted by Crippen LogP contribution is 2.18. The van der Waals surface area contributed by atoms with Gasteiger partial charge in [0.25, 0.3) is 5.89 Å². The Morgan fingerprint density at radius 3 is 2.30 bits per heavy atom. The SMILES string of the molecule is CCCC[C@H](NC(=O)[C@H](CS(=O)(=O)Cc1ccccn1)NC(=O)N(CCOC)CCOC)C(=O)c1nc2ccccc2o1. The van der Waals surface area contributed by atoms with Gasteiger partial charge in [-0.3, -0.25) is 14.6 Å². The molecule has 1 aromatic carbocycles. The molecule has 3 rings (SSSR count). The molecule has 0 spiro atoms. The summed E-state index contributed by atoms with van der Waals surface area (Å²) in [5, 5.41) is 5.21. The van der Waals surface area contributed by atoms with Crippen LogP contribution in [0.5, 0.6) is 0 Å². The maximum atomic E-state index is 13.7. The summed E-state index contributed by atoms with van der Waals surface area (Å²) in [6.45, 7) is 2.71. The second-order valence-corrected chi connectivity index (χ2v) is 12.0. The molecule has 3 aromatic rings. The number of methoxy groups -OCH3 is 2. The minimum absolute atomic E-state index is 0.170. The highest BCUT2D eigenvalue weighted by Gasteiger charge is 2.33. The first-order valence-electron chi connectivity index (χ1n) is 14.0. The number of benzene rings is 1. The van der Waals surface area contributed by atoms with Crippen molar-refractivity contribution in [3.8, 4) is 0 Å². The highest BCUT2D eigenvalue weighted by molar-refractivity contribution is 7.90. The van der Waals surface area contributed by atoms with Crippen molar-refractivity contribution in [2.24, 2.45) is 0 Å². The Balaban J connectivity index is 1.86. The number of nitrogens with zero attached hydrogens (tertiary/aromatic N) is 3. The zero-order valence-electron chi connectivity index (χ0n) is 24.7. The van der Waals surface area contributed by atoms with Crippen LogP contribution in [0.15, 0.2) is 53.1 Å². The number of oxazole rings is 1. The molecule has 13 nitrogen and oxygen atoms in total. The molecule has 0 bridgehead atoms. The number of ether oxygens (including phenoxy) is 2. The van der Waals surface area contributed by atoms with Gasteiger partial charge in [0.1, 0.15) is 11.6 Å². The molecule has 2 aromatic heterocycles. The minimum atomic E-state index is -3.95. The number of para-hydroxylation sites is 2. The van der Waals surface area contributed by atoms with Crippen molar-refractivity contribution in [3.63, 3.8) is 0 Å². The standard InChI is InChI=1S/C29H39N5O8S/c1-4-5-11-23(26(35)28-32-22-12-6-7-13-25(22)42-28)31-27(36)24(20-43(38,39)19-21-10-8-9-14-30-21)33-29(37)34(15-17-40-2)16-18-41-3/h6-10,12-14,23-24H,4-5,11,15-20H2,1-3H3,(H,31,36)(H,33,37)/t23-,24-/m0/s1. The van der Waals surface area contributed by atoms with Gasteiger partial charge in [0, 0.05) is 33.5 Å². The van der Waals surface area contributed by atoms with Crippen LogP contribution in [0.3, 0.4) is 0 Å². The van der Waals surface area contributed by atoms with Gasteiger partial charge in [0.15, 0.2) is 15.4 Å². The number of carbonyl (C=O) groups excluding carboxylic acids is 3. The van der Waals surface area contributed by atoms with Crippen molar-refractivity contribution in [3.05, 3.63) is 60.2 Å². The quantitative estimate of drug-likeness (QED) is 0.202. The van der Waals surface area contributed by atoms with Crippen LogP contribution in [0, 0.1) is 0 Å². The number of amides is 3. The number of sulfone groups is 1. The van der Waals surface area contributed by atoms with Crippen LogP contribution >= 0.6 is 0 Å². The van der Waals surface area contributed by atoms with E-state index in [9.17, 15) is 22.8 Å². The largest absolute Gasteiger partial charge is 0.434 e. The first kappa shape index (κ1) is 33.6. The Morgan fingerprint density at radius 2 is 1.67 bits per heavy atom. The number of hydrogen-bond donors (Lipinski definition) is 2. The van der Waals surface area contributed by atoms with E-state index in [0.717, 1.165) is 6.42 Å². The number of nitrogens with one attached hydrogen (secondary N) is 2. The number of unbranched alkanes of at least 4 members (excludes halogenated alkanes) is 1. The number of aromatic nitrogens is 2. The lowest BCUT2D eigenvalue weighted by atomic mass is 10.0. The molecular weight excluding hydrogens is 578 g/mol. The summed E-state index contributed by atoms with van der Waals surface area (Å²) in [6.07, 6.45) is 3.05. The summed E-state index contributed by atoms with van der Waals surface area (Å²) < 4.78 is 42.2. The Bertz CT molecular complexity index is 1410. The average molecular weight is 618 g/mol. The molecule has 2 atom stereocenters. The third kappa shape index (κ3) is 10.4. The highest BCUT2D eigenvalue weighted by atomic mass is 32.2. The molecule has 0 unspecified atom stereocenters. The number of Topliss-reactive ketones (excluding diaryl/α,β-unsaturated/α-hetero) is 1. The van der Waals surface area contributed by atoms with Gasteiger partial charge in [-0.1, -0.05) is 38.0 Å². The molecule has 43 heavy (non-hydrogen) atoms. The van der Waals surface area contributed by atoms with Crippen molar-refractivity contribution in [1.29, 1.82) is 0 Å². The molecule has 0 aliphatic rings. The number of pyridine rings is 1. The summed E-state index contributed by atoms with van der Waals surface area (Å²) in [6, 6.07) is 8.50. The molecule has 2 N–H and O–H groups in total. The molecule has 0 radical (unpaired) electrons. The van der Waals surface area contributed by atoms with Gasteiger partial charge >= 0.3 is 6.03 Å². The molecule has 0 aliphatic carbocycles. The lowest BCUT2D eigenvalue weighted by Crippen LogP contribution is -2.57. The van der Waals surface area contributed by atoms with E-state index in [1.165, 1.54) is 25.3 Å². The second-order valence-electron chi connectivity index (χ2n) is 9.90. The number of urea groups is 1. The predicted molar refractivity (Wildman–Crippen MR) is 159 cm³/mol. The summed E-state index contributed by atoms with van der Waals surface area (Å²) in [5.41, 5.74) is 1.20. The number of rotatable bonds is 18. The van der Waals surface area contributed by atoms with E-state index >= 15 is 0 Å². The molecule has 0 aliphatic heterocycles. The van der Waals surface area contributed by atoms with Gasteiger partial charge in [-0.15, -0.1) is 0 Å². The third-order valence-electron chi connectivity index (χ3n) is 6.53. The van der Waals surface area contributed by atoms with Gasteiger partial charge in [-0.2, -0.15) is 0 Å². The molecule has 0 saturated heterocycles. The van der Waals surface area contributed by atoms with Crippen LogP contribution in [-0.4, -0.2) is 99.4 Å². The van der Waals surface area contributed by atoms with Crippen LogP contribution in [0.4, 0.5) is 4.79 Å². The number of carbonyl (C=O) groups is 3. The number of ketones is 1. The molecule has 3 amide bonds. The van der Waals surface area contributed by atoms with E-state index in [0.29, 0.717) is 23.2 Å². The Morgan fingerprint density at radius 1 is 0.977 bits per heavy atom. The maximum absolute atomic E-state index is 13.7. The van der Waals surface area contributed by atoms with E-state index in [2.05, 4.69) is 20.6 Å². The van der Waals surface area contributed by atoms with E-state index in [1.807, 2.05) is 6.92 Å². The smallest absolute Gasteiger partial charge is 0.318 e. The third-order valence-corrected chi connectivity index (χ3v) is 8.11. The summed E-state index contributed by atoms with van der Waals surface area (Å²) in [5.74, 6) is -2.72. The topological polar surface area (TPSA) is 170 Å². The normalized spacial score (nSPS) is 12.9. The zero-order chi connectivity index (χ0) is 31.2. The van der Waals surface area contributed by atoms with E-state index < -0.39 is 51.1 Å². The fourth-order valence-corrected chi connectivity index (χ4v) is 5.72. The second kappa shape index (κ2) is 16.7. The average Bonchev–Trinajstić information content (AvgIpc) is 3.43. The van der Waals surface area contributed by atoms with E-state index in [1.54, 1.807) is 42.5 Å². The van der Waals surface area contributed by atoms with Gasteiger partial charge in [-0.25, -0.2) is 18.2 Å². The fourth-order valence-electron chi connectivity index (χ4n) is 4.24. The number of fused-ring (bicyclic) bond motifs is 1. The molecule has 0 saturated carbocycles.